The molecule has 3 aromatic rings. The molecule has 32 heavy (non-hydrogen) atoms. The predicted molar refractivity (Wildman–Crippen MR) is 128 cm³/mol. The molecule has 1 unspecified atom stereocenters. The van der Waals surface area contributed by atoms with Gasteiger partial charge in [-0.1, -0.05) is 35.3 Å². The molecule has 0 aliphatic carbocycles. The van der Waals surface area contributed by atoms with Crippen molar-refractivity contribution in [3.63, 3.8) is 0 Å². The Morgan fingerprint density at radius 1 is 1.12 bits per heavy atom. The van der Waals surface area contributed by atoms with E-state index in [4.69, 9.17) is 27.9 Å². The van der Waals surface area contributed by atoms with Crippen molar-refractivity contribution >= 4 is 57.7 Å². The van der Waals surface area contributed by atoms with Crippen LogP contribution in [0.3, 0.4) is 0 Å². The first kappa shape index (κ1) is 22.4. The molecule has 164 valence electrons. The van der Waals surface area contributed by atoms with Gasteiger partial charge in [0.05, 0.1) is 17.2 Å². The minimum Gasteiger partial charge on any atom is -0.507 e. The van der Waals surface area contributed by atoms with E-state index in [1.54, 1.807) is 43.3 Å². The number of thiophene rings is 1. The number of ketones is 1. The quantitative estimate of drug-likeness (QED) is 0.257. The second-order valence-electron chi connectivity index (χ2n) is 7.14. The summed E-state index contributed by atoms with van der Waals surface area (Å²) in [7, 11) is 0. The van der Waals surface area contributed by atoms with E-state index in [1.165, 1.54) is 16.2 Å². The van der Waals surface area contributed by atoms with E-state index >= 15 is 0 Å². The molecular weight excluding hydrogens is 469 g/mol. The summed E-state index contributed by atoms with van der Waals surface area (Å²) in [5, 5.41) is 13.8. The number of nitrogens with zero attached hydrogens (tertiary/aromatic N) is 1. The first-order valence-corrected chi connectivity index (χ1v) is 11.5. The topological polar surface area (TPSA) is 66.8 Å². The van der Waals surface area contributed by atoms with Crippen LogP contribution in [-0.4, -0.2) is 23.4 Å². The molecule has 5 nitrogen and oxygen atoms in total. The van der Waals surface area contributed by atoms with Crippen molar-refractivity contribution in [3.8, 4) is 5.75 Å². The number of ether oxygens (including phenoxy) is 1. The first-order chi connectivity index (χ1) is 15.3. The van der Waals surface area contributed by atoms with Crippen molar-refractivity contribution in [3.05, 3.63) is 85.5 Å². The lowest BCUT2D eigenvalue weighted by atomic mass is 9.99. The van der Waals surface area contributed by atoms with Gasteiger partial charge in [0.25, 0.3) is 11.7 Å². The third-order valence-corrected chi connectivity index (χ3v) is 6.92. The van der Waals surface area contributed by atoms with E-state index in [9.17, 15) is 14.7 Å². The Morgan fingerprint density at radius 3 is 2.59 bits per heavy atom. The van der Waals surface area contributed by atoms with Crippen LogP contribution in [0, 0.1) is 6.92 Å². The van der Waals surface area contributed by atoms with Gasteiger partial charge < -0.3 is 9.84 Å². The summed E-state index contributed by atoms with van der Waals surface area (Å²) in [5.74, 6) is -1.40. The normalized spacial score (nSPS) is 17.8. The Kier molecular flexibility index (Phi) is 6.29. The molecule has 1 amide bonds. The number of aliphatic hydroxyl groups excluding tert-OH is 1. The number of rotatable bonds is 5. The highest BCUT2D eigenvalue weighted by Crippen LogP contribution is 2.46. The van der Waals surface area contributed by atoms with Crippen LogP contribution in [0.5, 0.6) is 5.75 Å². The number of amides is 1. The van der Waals surface area contributed by atoms with E-state index in [-0.39, 0.29) is 21.9 Å². The molecule has 0 bridgehead atoms. The van der Waals surface area contributed by atoms with Crippen molar-refractivity contribution < 1.29 is 19.4 Å². The number of carbonyl (C=O) groups excluding carboxylic acids is 2. The summed E-state index contributed by atoms with van der Waals surface area (Å²) in [4.78, 5) is 28.5. The number of Topliss-reactive ketones (excluding diaryl/α,β-unsaturated/α-hetero) is 1. The number of anilines is 1. The smallest absolute Gasteiger partial charge is 0.300 e. The summed E-state index contributed by atoms with van der Waals surface area (Å²) < 4.78 is 5.51. The second kappa shape index (κ2) is 8.98. The second-order valence-corrected chi connectivity index (χ2v) is 8.94. The van der Waals surface area contributed by atoms with Gasteiger partial charge in [0.15, 0.2) is 0 Å². The monoisotopic (exact) mass is 487 g/mol. The van der Waals surface area contributed by atoms with Crippen LogP contribution in [0.25, 0.3) is 5.76 Å². The minimum atomic E-state index is -0.820. The molecule has 0 radical (unpaired) electrons. The molecule has 1 aliphatic heterocycles. The summed E-state index contributed by atoms with van der Waals surface area (Å²) in [5.41, 5.74) is 1.35. The van der Waals surface area contributed by atoms with Crippen molar-refractivity contribution in [1.82, 2.24) is 0 Å². The molecule has 8 heteroatoms. The molecule has 0 saturated carbocycles. The highest BCUT2D eigenvalue weighted by atomic mass is 35.5. The zero-order chi connectivity index (χ0) is 23.0. The molecule has 0 spiro atoms. The van der Waals surface area contributed by atoms with Crippen LogP contribution in [0.1, 0.15) is 29.0 Å². The Morgan fingerprint density at radius 2 is 1.91 bits per heavy atom. The number of hydrogen-bond donors (Lipinski definition) is 1. The van der Waals surface area contributed by atoms with Gasteiger partial charge in [-0.05, 0) is 61.2 Å². The van der Waals surface area contributed by atoms with Gasteiger partial charge >= 0.3 is 0 Å². The standard InChI is InChI=1S/C24H19Cl2NO4S/c1-3-31-14-9-10-17(26)15(12-14)22(28)20-21(19-8-5-11-32-19)27(24(30)23(20)29)18-7-4-6-16(25)13(18)2/h4-12,21,28H,3H2,1-2H3/b22-20-. The van der Waals surface area contributed by atoms with Gasteiger partial charge in [-0.3, -0.25) is 14.5 Å². The van der Waals surface area contributed by atoms with Crippen LogP contribution in [-0.2, 0) is 9.59 Å². The molecule has 1 atom stereocenters. The lowest BCUT2D eigenvalue weighted by Crippen LogP contribution is -2.29. The highest BCUT2D eigenvalue weighted by Gasteiger charge is 2.48. The number of carbonyl (C=O) groups is 2. The maximum Gasteiger partial charge on any atom is 0.300 e. The van der Waals surface area contributed by atoms with Gasteiger partial charge in [0.1, 0.15) is 17.6 Å². The molecule has 2 aromatic carbocycles. The van der Waals surface area contributed by atoms with Crippen LogP contribution in [0.4, 0.5) is 5.69 Å². The zero-order valence-electron chi connectivity index (χ0n) is 17.3. The fourth-order valence-corrected chi connectivity index (χ4v) is 4.94. The van der Waals surface area contributed by atoms with E-state index in [0.29, 0.717) is 28.6 Å². The van der Waals surface area contributed by atoms with Crippen LogP contribution in [0.15, 0.2) is 59.5 Å². The summed E-state index contributed by atoms with van der Waals surface area (Å²) >= 11 is 14.0. The number of hydrogen-bond acceptors (Lipinski definition) is 5. The lowest BCUT2D eigenvalue weighted by Gasteiger charge is -2.26. The SMILES string of the molecule is CCOc1ccc(Cl)c(/C(O)=C2/C(=O)C(=O)N(c3cccc(Cl)c3C)C2c2cccs2)c1. The first-order valence-electron chi connectivity index (χ1n) is 9.87. The predicted octanol–water partition coefficient (Wildman–Crippen LogP) is 6.39. The molecule has 1 aromatic heterocycles. The molecule has 1 fully saturated rings. The lowest BCUT2D eigenvalue weighted by molar-refractivity contribution is -0.132. The average molecular weight is 488 g/mol. The largest absolute Gasteiger partial charge is 0.507 e. The fourth-order valence-electron chi connectivity index (χ4n) is 3.74. The third kappa shape index (κ3) is 3.79. The van der Waals surface area contributed by atoms with Crippen LogP contribution >= 0.6 is 34.5 Å². The van der Waals surface area contributed by atoms with Gasteiger partial charge in [-0.2, -0.15) is 0 Å². The Hall–Kier alpha value is -2.80. The van der Waals surface area contributed by atoms with Crippen molar-refractivity contribution in [2.75, 3.05) is 11.5 Å². The molecular formula is C24H19Cl2NO4S. The Balaban J connectivity index is 1.96. The molecule has 1 saturated heterocycles. The van der Waals surface area contributed by atoms with Crippen molar-refractivity contribution in [1.29, 1.82) is 0 Å². The van der Waals surface area contributed by atoms with E-state index in [1.807, 2.05) is 24.4 Å². The van der Waals surface area contributed by atoms with Gasteiger partial charge in [0, 0.05) is 21.2 Å². The fraction of sp³-hybridized carbons (Fsp3) is 0.167. The highest BCUT2D eigenvalue weighted by molar-refractivity contribution is 7.10. The molecule has 1 aliphatic rings. The number of halogens is 2. The number of benzene rings is 2. The summed E-state index contributed by atoms with van der Waals surface area (Å²) in [6.45, 7) is 4.05. The van der Waals surface area contributed by atoms with Crippen molar-refractivity contribution in [2.24, 2.45) is 0 Å². The van der Waals surface area contributed by atoms with Crippen molar-refractivity contribution in [2.45, 2.75) is 19.9 Å². The third-order valence-electron chi connectivity index (χ3n) is 5.26. The van der Waals surface area contributed by atoms with Gasteiger partial charge in [-0.15, -0.1) is 11.3 Å². The number of aliphatic hydroxyl groups is 1. The van der Waals surface area contributed by atoms with Crippen LogP contribution < -0.4 is 9.64 Å². The van der Waals surface area contributed by atoms with E-state index in [0.717, 1.165) is 4.88 Å². The average Bonchev–Trinajstić information content (AvgIpc) is 3.39. The summed E-state index contributed by atoms with van der Waals surface area (Å²) in [6, 6.07) is 12.8. The Labute approximate surface area is 199 Å². The van der Waals surface area contributed by atoms with E-state index < -0.39 is 17.7 Å². The minimum absolute atomic E-state index is 0.0348. The summed E-state index contributed by atoms with van der Waals surface area (Å²) in [6.07, 6.45) is 0. The molecule has 2 heterocycles. The Bertz CT molecular complexity index is 1240. The van der Waals surface area contributed by atoms with Gasteiger partial charge in [-0.25, -0.2) is 0 Å². The maximum atomic E-state index is 13.2. The van der Waals surface area contributed by atoms with Crippen LogP contribution in [0.2, 0.25) is 10.0 Å². The van der Waals surface area contributed by atoms with Gasteiger partial charge in [0.2, 0.25) is 0 Å². The zero-order valence-corrected chi connectivity index (χ0v) is 19.6. The molecule has 1 N–H and O–H groups in total. The maximum absolute atomic E-state index is 13.2. The molecule has 4 rings (SSSR count). The van der Waals surface area contributed by atoms with E-state index in [2.05, 4.69) is 0 Å².